The molecule has 0 aliphatic heterocycles. The van der Waals surface area contributed by atoms with Gasteiger partial charge in [0.05, 0.1) is 5.92 Å². The summed E-state index contributed by atoms with van der Waals surface area (Å²) in [5.74, 6) is -1.36. The highest BCUT2D eigenvalue weighted by atomic mass is 16.4. The monoisotopic (exact) mass is 219 g/mol. The minimum Gasteiger partial charge on any atom is -0.481 e. The summed E-state index contributed by atoms with van der Waals surface area (Å²) in [6.45, 7) is 3.78. The van der Waals surface area contributed by atoms with Gasteiger partial charge in [0.25, 0.3) is 0 Å². The van der Waals surface area contributed by atoms with E-state index in [0.29, 0.717) is 11.2 Å². The second kappa shape index (κ2) is 3.92. The molecular formula is C11H13N3O2. The zero-order chi connectivity index (χ0) is 11.7. The van der Waals surface area contributed by atoms with E-state index >= 15 is 0 Å². The Kier molecular flexibility index (Phi) is 2.60. The topological polar surface area (TPSA) is 67.5 Å². The summed E-state index contributed by atoms with van der Waals surface area (Å²) in [6, 6.07) is 3.60. The maximum atomic E-state index is 11.2. The van der Waals surface area contributed by atoms with E-state index in [4.69, 9.17) is 0 Å². The molecule has 1 atom stereocenters. The fraction of sp³-hybridized carbons (Fsp3) is 0.364. The molecule has 0 fully saturated rings. The van der Waals surface area contributed by atoms with Gasteiger partial charge in [-0.05, 0) is 12.0 Å². The summed E-state index contributed by atoms with van der Waals surface area (Å²) in [7, 11) is 0. The first-order valence-corrected chi connectivity index (χ1v) is 5.12. The molecule has 0 spiro atoms. The number of hydrogen-bond acceptors (Lipinski definition) is 3. The van der Waals surface area contributed by atoms with Gasteiger partial charge < -0.3 is 5.11 Å². The molecule has 2 aromatic rings. The number of pyridine rings is 1. The van der Waals surface area contributed by atoms with Crippen molar-refractivity contribution < 1.29 is 9.90 Å². The van der Waals surface area contributed by atoms with E-state index in [1.807, 2.05) is 19.9 Å². The summed E-state index contributed by atoms with van der Waals surface area (Å²) in [6.07, 6.45) is 3.37. The number of carbonyl (C=O) groups is 1. The Balaban J connectivity index is 2.60. The Bertz CT molecular complexity index is 519. The number of nitrogens with zero attached hydrogens (tertiary/aromatic N) is 3. The largest absolute Gasteiger partial charge is 0.481 e. The molecule has 0 bridgehead atoms. The van der Waals surface area contributed by atoms with Crippen LogP contribution in [0.25, 0.3) is 5.65 Å². The summed E-state index contributed by atoms with van der Waals surface area (Å²) < 4.78 is 1.73. The van der Waals surface area contributed by atoms with Crippen LogP contribution in [0.15, 0.2) is 24.7 Å². The van der Waals surface area contributed by atoms with Crippen LogP contribution < -0.4 is 0 Å². The van der Waals surface area contributed by atoms with E-state index in [9.17, 15) is 9.90 Å². The van der Waals surface area contributed by atoms with Gasteiger partial charge in [0.15, 0.2) is 5.65 Å². The normalized spacial score (nSPS) is 13.2. The van der Waals surface area contributed by atoms with Crippen LogP contribution in [0.1, 0.15) is 25.3 Å². The van der Waals surface area contributed by atoms with Crippen molar-refractivity contribution in [2.75, 3.05) is 0 Å². The Labute approximate surface area is 92.7 Å². The van der Waals surface area contributed by atoms with Crippen molar-refractivity contribution in [1.29, 1.82) is 0 Å². The van der Waals surface area contributed by atoms with Gasteiger partial charge in [-0.2, -0.15) is 0 Å². The minimum atomic E-state index is -0.828. The fourth-order valence-corrected chi connectivity index (χ4v) is 1.89. The molecule has 1 N–H and O–H groups in total. The molecule has 5 nitrogen and oxygen atoms in total. The molecule has 0 aliphatic carbocycles. The number of fused-ring (bicyclic) bond motifs is 1. The first kappa shape index (κ1) is 10.6. The lowest BCUT2D eigenvalue weighted by molar-refractivity contribution is -0.139. The summed E-state index contributed by atoms with van der Waals surface area (Å²) in [5, 5.41) is 17.0. The predicted octanol–water partition coefficient (Wildman–Crippen LogP) is 1.55. The lowest BCUT2D eigenvalue weighted by Gasteiger charge is -2.16. The van der Waals surface area contributed by atoms with Crippen molar-refractivity contribution in [2.45, 2.75) is 19.8 Å². The van der Waals surface area contributed by atoms with E-state index < -0.39 is 11.9 Å². The predicted molar refractivity (Wildman–Crippen MR) is 58.2 cm³/mol. The molecule has 0 aromatic carbocycles. The second-order valence-corrected chi connectivity index (χ2v) is 4.09. The maximum Gasteiger partial charge on any atom is 0.311 e. The standard InChI is InChI=1S/C11H13N3O2/c1-7(2)9(11(15)16)8-4-3-5-14-6-12-13-10(8)14/h3-7,9H,1-2H3,(H,15,16). The smallest absolute Gasteiger partial charge is 0.311 e. The second-order valence-electron chi connectivity index (χ2n) is 4.09. The number of carboxylic acid groups (broad SMARTS) is 1. The molecule has 2 rings (SSSR count). The van der Waals surface area contributed by atoms with Gasteiger partial charge in [0, 0.05) is 11.8 Å². The summed E-state index contributed by atoms with van der Waals surface area (Å²) >= 11 is 0. The van der Waals surface area contributed by atoms with E-state index in [-0.39, 0.29) is 5.92 Å². The fourth-order valence-electron chi connectivity index (χ4n) is 1.89. The van der Waals surface area contributed by atoms with E-state index in [1.165, 1.54) is 0 Å². The summed E-state index contributed by atoms with van der Waals surface area (Å²) in [5.41, 5.74) is 1.33. The molecule has 84 valence electrons. The lowest BCUT2D eigenvalue weighted by Crippen LogP contribution is -2.18. The van der Waals surface area contributed by atoms with Gasteiger partial charge in [0.1, 0.15) is 6.33 Å². The quantitative estimate of drug-likeness (QED) is 0.850. The van der Waals surface area contributed by atoms with Crippen LogP contribution in [-0.4, -0.2) is 25.7 Å². The first-order chi connectivity index (χ1) is 7.61. The lowest BCUT2D eigenvalue weighted by atomic mass is 9.89. The molecular weight excluding hydrogens is 206 g/mol. The van der Waals surface area contributed by atoms with Crippen molar-refractivity contribution in [2.24, 2.45) is 5.92 Å². The van der Waals surface area contributed by atoms with Gasteiger partial charge in [-0.25, -0.2) is 0 Å². The average molecular weight is 219 g/mol. The van der Waals surface area contributed by atoms with Gasteiger partial charge in [-0.15, -0.1) is 10.2 Å². The highest BCUT2D eigenvalue weighted by molar-refractivity contribution is 5.79. The third kappa shape index (κ3) is 1.64. The van der Waals surface area contributed by atoms with Gasteiger partial charge in [-0.1, -0.05) is 19.9 Å². The maximum absolute atomic E-state index is 11.2. The number of aliphatic carboxylic acids is 1. The van der Waals surface area contributed by atoms with E-state index in [2.05, 4.69) is 10.2 Å². The van der Waals surface area contributed by atoms with Crippen LogP contribution >= 0.6 is 0 Å². The van der Waals surface area contributed by atoms with Crippen molar-refractivity contribution in [3.05, 3.63) is 30.2 Å². The molecule has 2 heterocycles. The molecule has 2 aromatic heterocycles. The third-order valence-corrected chi connectivity index (χ3v) is 2.62. The van der Waals surface area contributed by atoms with Crippen LogP contribution in [0.2, 0.25) is 0 Å². The van der Waals surface area contributed by atoms with Gasteiger partial charge in [-0.3, -0.25) is 9.20 Å². The van der Waals surface area contributed by atoms with Crippen molar-refractivity contribution in [3.63, 3.8) is 0 Å². The minimum absolute atomic E-state index is 0.0143. The molecule has 5 heteroatoms. The highest BCUT2D eigenvalue weighted by Crippen LogP contribution is 2.27. The highest BCUT2D eigenvalue weighted by Gasteiger charge is 2.26. The van der Waals surface area contributed by atoms with Crippen molar-refractivity contribution in [1.82, 2.24) is 14.6 Å². The van der Waals surface area contributed by atoms with Crippen LogP contribution in [0.5, 0.6) is 0 Å². The SMILES string of the molecule is CC(C)C(C(=O)O)c1cccn2cnnc12. The van der Waals surface area contributed by atoms with Crippen molar-refractivity contribution >= 4 is 11.6 Å². The zero-order valence-corrected chi connectivity index (χ0v) is 9.16. The molecule has 0 aliphatic rings. The van der Waals surface area contributed by atoms with Crippen LogP contribution in [0.3, 0.4) is 0 Å². The molecule has 0 radical (unpaired) electrons. The number of aromatic nitrogens is 3. The van der Waals surface area contributed by atoms with E-state index in [0.717, 1.165) is 0 Å². The van der Waals surface area contributed by atoms with Crippen LogP contribution in [0.4, 0.5) is 0 Å². The zero-order valence-electron chi connectivity index (χ0n) is 9.16. The summed E-state index contributed by atoms with van der Waals surface area (Å²) in [4.78, 5) is 11.2. The van der Waals surface area contributed by atoms with Gasteiger partial charge in [0.2, 0.25) is 0 Å². The molecule has 0 amide bonds. The Hall–Kier alpha value is -1.91. The third-order valence-electron chi connectivity index (χ3n) is 2.62. The Morgan fingerprint density at radius 3 is 2.88 bits per heavy atom. The average Bonchev–Trinajstić information content (AvgIpc) is 2.65. The molecule has 16 heavy (non-hydrogen) atoms. The van der Waals surface area contributed by atoms with Crippen LogP contribution in [0, 0.1) is 5.92 Å². The molecule has 0 saturated heterocycles. The molecule has 1 unspecified atom stereocenters. The van der Waals surface area contributed by atoms with Crippen LogP contribution in [-0.2, 0) is 4.79 Å². The number of rotatable bonds is 3. The molecule has 0 saturated carbocycles. The Morgan fingerprint density at radius 2 is 2.25 bits per heavy atom. The van der Waals surface area contributed by atoms with Crippen molar-refractivity contribution in [3.8, 4) is 0 Å². The number of hydrogen-bond donors (Lipinski definition) is 1. The van der Waals surface area contributed by atoms with E-state index in [1.54, 1.807) is 23.0 Å². The number of carboxylic acids is 1. The Morgan fingerprint density at radius 1 is 1.50 bits per heavy atom. The van der Waals surface area contributed by atoms with Gasteiger partial charge >= 0.3 is 5.97 Å². The first-order valence-electron chi connectivity index (χ1n) is 5.12.